The Hall–Kier alpha value is -1.52. The van der Waals surface area contributed by atoms with Gasteiger partial charge in [-0.2, -0.15) is 0 Å². The third-order valence-corrected chi connectivity index (χ3v) is 16.5. The second kappa shape index (κ2) is 19.0. The van der Waals surface area contributed by atoms with Crippen LogP contribution in [0.3, 0.4) is 0 Å². The van der Waals surface area contributed by atoms with Crippen molar-refractivity contribution >= 4 is 11.6 Å². The third-order valence-electron chi connectivity index (χ3n) is 16.5. The van der Waals surface area contributed by atoms with Gasteiger partial charge in [-0.15, -0.1) is 0 Å². The van der Waals surface area contributed by atoms with Crippen molar-refractivity contribution in [3.63, 3.8) is 0 Å². The second-order valence-corrected chi connectivity index (χ2v) is 20.3. The molecule has 62 heavy (non-hydrogen) atoms. The molecule has 0 aromatic rings. The van der Waals surface area contributed by atoms with E-state index in [0.29, 0.717) is 38.0 Å². The Bertz CT molecular complexity index is 1610. The Balaban J connectivity index is 1.08. The van der Waals surface area contributed by atoms with Crippen LogP contribution < -0.4 is 0 Å². The molecule has 7 aliphatic rings. The number of hydrogen-bond donors (Lipinski definition) is 9. The van der Waals surface area contributed by atoms with Crippen LogP contribution in [0.4, 0.5) is 0 Å². The molecule has 7 rings (SSSR count). The first kappa shape index (κ1) is 48.4. The first-order chi connectivity index (χ1) is 29.2. The summed E-state index contributed by atoms with van der Waals surface area (Å²) in [5, 5.41) is 95.2. The maximum absolute atomic E-state index is 13.8. The SMILES string of the molecule is CC(CO)CCC(=O)C(C)C1C(=O)CC2C3CC=C4CC(OC5OC(CO)C(OC6OC(C)C(O)C(O)C6O)C(O)C5OC5OC(C)C(O)C(O)C5O)CCC4(C)C3CCC21C. The minimum absolute atomic E-state index is 0.0298. The normalized spacial score (nSPS) is 50.5. The maximum atomic E-state index is 13.8. The molecule has 24 atom stereocenters. The van der Waals surface area contributed by atoms with Gasteiger partial charge in [-0.25, -0.2) is 0 Å². The van der Waals surface area contributed by atoms with Crippen molar-refractivity contribution < 1.29 is 84.0 Å². The molecule has 0 amide bonds. The lowest BCUT2D eigenvalue weighted by molar-refractivity contribution is -0.388. The number of fused-ring (bicyclic) bond motifs is 5. The van der Waals surface area contributed by atoms with Gasteiger partial charge in [0.2, 0.25) is 0 Å². The molecule has 24 unspecified atom stereocenters. The molecule has 0 aromatic heterocycles. The van der Waals surface area contributed by atoms with Gasteiger partial charge in [-0.3, -0.25) is 9.59 Å². The van der Waals surface area contributed by atoms with Crippen molar-refractivity contribution in [3.05, 3.63) is 11.6 Å². The Morgan fingerprint density at radius 3 is 1.97 bits per heavy atom. The molecule has 17 nitrogen and oxygen atoms in total. The van der Waals surface area contributed by atoms with Crippen LogP contribution in [0.15, 0.2) is 11.6 Å². The van der Waals surface area contributed by atoms with E-state index >= 15 is 0 Å². The molecule has 0 bridgehead atoms. The van der Waals surface area contributed by atoms with Gasteiger partial charge in [0.1, 0.15) is 72.6 Å². The number of Topliss-reactive ketones (excluding diaryl/α,β-unsaturated/α-hetero) is 2. The smallest absolute Gasteiger partial charge is 0.187 e. The first-order valence-corrected chi connectivity index (χ1v) is 22.9. The summed E-state index contributed by atoms with van der Waals surface area (Å²) in [5.41, 5.74) is 0.773. The van der Waals surface area contributed by atoms with Crippen LogP contribution in [0.5, 0.6) is 0 Å². The lowest BCUT2D eigenvalue weighted by atomic mass is 9.47. The van der Waals surface area contributed by atoms with Gasteiger partial charge in [-0.1, -0.05) is 39.3 Å². The predicted molar refractivity (Wildman–Crippen MR) is 216 cm³/mol. The second-order valence-electron chi connectivity index (χ2n) is 20.3. The molecule has 3 heterocycles. The van der Waals surface area contributed by atoms with E-state index in [-0.39, 0.29) is 58.6 Å². The van der Waals surface area contributed by atoms with Gasteiger partial charge in [-0.05, 0) is 93.3 Å². The van der Waals surface area contributed by atoms with Crippen LogP contribution in [0.25, 0.3) is 0 Å². The van der Waals surface area contributed by atoms with Crippen LogP contribution in [-0.2, 0) is 38.0 Å². The first-order valence-electron chi connectivity index (χ1n) is 22.9. The van der Waals surface area contributed by atoms with E-state index in [9.17, 15) is 55.5 Å². The monoisotopic (exact) mass is 884 g/mol. The summed E-state index contributed by atoms with van der Waals surface area (Å²) in [4.78, 5) is 27.2. The van der Waals surface area contributed by atoms with E-state index < -0.39 is 105 Å². The zero-order valence-corrected chi connectivity index (χ0v) is 36.8. The lowest BCUT2D eigenvalue weighted by Crippen LogP contribution is -2.66. The van der Waals surface area contributed by atoms with Crippen LogP contribution >= 0.6 is 0 Å². The summed E-state index contributed by atoms with van der Waals surface area (Å²) in [6, 6.07) is 0. The number of ether oxygens (including phenoxy) is 6. The fraction of sp³-hybridized carbons (Fsp3) is 0.911. The zero-order chi connectivity index (χ0) is 45.2. The Morgan fingerprint density at radius 2 is 1.37 bits per heavy atom. The number of aliphatic hydroxyl groups is 9. The van der Waals surface area contributed by atoms with E-state index in [1.165, 1.54) is 19.4 Å². The van der Waals surface area contributed by atoms with Crippen molar-refractivity contribution in [1.82, 2.24) is 0 Å². The lowest BCUT2D eigenvalue weighted by Gasteiger charge is -2.58. The number of hydrogen-bond acceptors (Lipinski definition) is 17. The average Bonchev–Trinajstić information content (AvgIpc) is 3.52. The number of rotatable bonds is 13. The van der Waals surface area contributed by atoms with Gasteiger partial charge in [0, 0.05) is 31.3 Å². The molecular weight excluding hydrogens is 812 g/mol. The molecule has 3 saturated carbocycles. The van der Waals surface area contributed by atoms with Crippen LogP contribution in [0, 0.1) is 46.3 Å². The number of ketones is 2. The molecular formula is C45H72O17. The van der Waals surface area contributed by atoms with Crippen molar-refractivity contribution in [3.8, 4) is 0 Å². The summed E-state index contributed by atoms with van der Waals surface area (Å²) >= 11 is 0. The third kappa shape index (κ3) is 8.76. The summed E-state index contributed by atoms with van der Waals surface area (Å²) in [5.74, 6) is 0.380. The molecule has 17 heteroatoms. The Morgan fingerprint density at radius 1 is 0.758 bits per heavy atom. The van der Waals surface area contributed by atoms with Gasteiger partial charge < -0.3 is 74.4 Å². The van der Waals surface area contributed by atoms with Crippen molar-refractivity contribution in [1.29, 1.82) is 0 Å². The van der Waals surface area contributed by atoms with Gasteiger partial charge in [0.05, 0.1) is 24.9 Å². The predicted octanol–water partition coefficient (Wildman–Crippen LogP) is 0.247. The number of aliphatic hydroxyl groups excluding tert-OH is 9. The quantitative estimate of drug-likeness (QED) is 0.112. The minimum atomic E-state index is -1.74. The summed E-state index contributed by atoms with van der Waals surface area (Å²) < 4.78 is 36.4. The molecule has 0 spiro atoms. The highest BCUT2D eigenvalue weighted by molar-refractivity contribution is 5.92. The highest BCUT2D eigenvalue weighted by atomic mass is 16.8. The van der Waals surface area contributed by atoms with E-state index in [4.69, 9.17) is 28.4 Å². The zero-order valence-electron chi connectivity index (χ0n) is 36.8. The van der Waals surface area contributed by atoms with Gasteiger partial charge >= 0.3 is 0 Å². The van der Waals surface area contributed by atoms with Gasteiger partial charge in [0.25, 0.3) is 0 Å². The molecule has 0 radical (unpaired) electrons. The van der Waals surface area contributed by atoms with E-state index in [1.807, 2.05) is 13.8 Å². The van der Waals surface area contributed by atoms with E-state index in [2.05, 4.69) is 19.9 Å². The summed E-state index contributed by atoms with van der Waals surface area (Å²) in [7, 11) is 0. The average molecular weight is 885 g/mol. The molecule has 3 aliphatic heterocycles. The number of carbonyl (C=O) groups excluding carboxylic acids is 2. The Kier molecular flexibility index (Phi) is 14.8. The molecule has 3 saturated heterocycles. The fourth-order valence-electron chi connectivity index (χ4n) is 12.5. The fourth-order valence-corrected chi connectivity index (χ4v) is 12.5. The van der Waals surface area contributed by atoms with Crippen LogP contribution in [0.2, 0.25) is 0 Å². The standard InChI is InChI=1S/C45H72O17/c1-19(17-46)7-10-28(48)20(2)31-29(49)16-27-25-9-8-23-15-24(11-13-44(23,5)26(25)12-14-45(27,31)6)59-43-40(62-42-37(55)35(53)33(51)22(4)58-42)38(56)39(30(18-47)60-43)61-41-36(54)34(52)32(50)21(3)57-41/h8,19-22,24-27,30-43,46-47,50-56H,7,9-18H2,1-6H3. The maximum Gasteiger partial charge on any atom is 0.187 e. The summed E-state index contributed by atoms with van der Waals surface area (Å²) in [6.07, 6.45) is -14.3. The van der Waals surface area contributed by atoms with Crippen molar-refractivity contribution in [2.75, 3.05) is 13.2 Å². The molecule has 354 valence electrons. The molecule has 4 aliphatic carbocycles. The number of allylic oxidation sites excluding steroid dienone is 1. The summed E-state index contributed by atoms with van der Waals surface area (Å²) in [6.45, 7) is 10.7. The van der Waals surface area contributed by atoms with Crippen molar-refractivity contribution in [2.24, 2.45) is 46.3 Å². The largest absolute Gasteiger partial charge is 0.396 e. The Labute approximate surface area is 363 Å². The van der Waals surface area contributed by atoms with Crippen LogP contribution in [-0.4, -0.2) is 169 Å². The molecule has 6 fully saturated rings. The molecule has 0 aromatic carbocycles. The van der Waals surface area contributed by atoms with Crippen molar-refractivity contribution in [2.45, 2.75) is 198 Å². The van der Waals surface area contributed by atoms with E-state index in [1.54, 1.807) is 0 Å². The minimum Gasteiger partial charge on any atom is -0.396 e. The highest BCUT2D eigenvalue weighted by Crippen LogP contribution is 2.66. The van der Waals surface area contributed by atoms with Gasteiger partial charge in [0.15, 0.2) is 18.9 Å². The topological polar surface area (TPSA) is 272 Å². The number of carbonyl (C=O) groups is 2. The van der Waals surface area contributed by atoms with Crippen LogP contribution in [0.1, 0.15) is 99.3 Å². The highest BCUT2D eigenvalue weighted by Gasteiger charge is 2.63. The van der Waals surface area contributed by atoms with E-state index in [0.717, 1.165) is 25.7 Å². The molecule has 9 N–H and O–H groups in total.